The molecule has 1 heterocycles. The summed E-state index contributed by atoms with van der Waals surface area (Å²) in [6, 6.07) is 20.5. The van der Waals surface area contributed by atoms with E-state index in [1.54, 1.807) is 11.8 Å². The molecule has 0 saturated carbocycles. The van der Waals surface area contributed by atoms with Gasteiger partial charge in [-0.1, -0.05) is 71.9 Å². The second-order valence-corrected chi connectivity index (χ2v) is 8.92. The molecular formula is C23H23N3OS. The number of nitrogens with zero attached hydrogens (tertiary/aromatic N) is 1. The minimum Gasteiger partial charge on any atom is -0.326 e. The third-order valence-corrected chi connectivity index (χ3v) is 6.08. The fourth-order valence-corrected chi connectivity index (χ4v) is 4.59. The molecule has 0 aliphatic carbocycles. The monoisotopic (exact) mass is 389 g/mol. The lowest BCUT2D eigenvalue weighted by Gasteiger charge is -2.22. The largest absolute Gasteiger partial charge is 0.326 e. The van der Waals surface area contributed by atoms with Crippen LogP contribution in [0.25, 0.3) is 10.8 Å². The Morgan fingerprint density at radius 1 is 1.11 bits per heavy atom. The maximum Gasteiger partial charge on any atom is 0.227 e. The van der Waals surface area contributed by atoms with Crippen LogP contribution in [-0.2, 0) is 4.79 Å². The fraction of sp³-hybridized carbons (Fsp3) is 0.217. The van der Waals surface area contributed by atoms with Crippen LogP contribution in [-0.4, -0.2) is 15.8 Å². The van der Waals surface area contributed by atoms with Gasteiger partial charge < -0.3 is 5.32 Å². The van der Waals surface area contributed by atoms with Crippen LogP contribution in [0.5, 0.6) is 0 Å². The van der Waals surface area contributed by atoms with Gasteiger partial charge in [0.1, 0.15) is 9.91 Å². The van der Waals surface area contributed by atoms with E-state index in [0.29, 0.717) is 6.42 Å². The van der Waals surface area contributed by atoms with Gasteiger partial charge in [0, 0.05) is 11.3 Å². The Balaban J connectivity index is 1.48. The lowest BCUT2D eigenvalue weighted by Crippen LogP contribution is -2.36. The highest BCUT2D eigenvalue weighted by atomic mass is 32.2. The van der Waals surface area contributed by atoms with E-state index in [1.165, 1.54) is 16.3 Å². The summed E-state index contributed by atoms with van der Waals surface area (Å²) in [5.41, 5.74) is 7.38. The van der Waals surface area contributed by atoms with Gasteiger partial charge >= 0.3 is 0 Å². The van der Waals surface area contributed by atoms with Crippen LogP contribution < -0.4 is 10.7 Å². The maximum atomic E-state index is 12.7. The molecule has 4 rings (SSSR count). The molecule has 1 aliphatic rings. The van der Waals surface area contributed by atoms with Crippen molar-refractivity contribution in [3.8, 4) is 0 Å². The Labute approximate surface area is 169 Å². The molecule has 1 unspecified atom stereocenters. The standard InChI is InChI=1S/C23H23N3OS/c1-15-11-12-20(16(2)13-15)24-21(27)14-23(3)26-25-22(28-23)19-10-6-8-17-7-4-5-9-18(17)19/h4-13,26H,14H2,1-3H3,(H,24,27). The summed E-state index contributed by atoms with van der Waals surface area (Å²) in [5, 5.41) is 10.8. The molecule has 28 heavy (non-hydrogen) atoms. The predicted molar refractivity (Wildman–Crippen MR) is 119 cm³/mol. The highest BCUT2D eigenvalue weighted by molar-refractivity contribution is 8.15. The first-order chi connectivity index (χ1) is 13.4. The molecule has 4 nitrogen and oxygen atoms in total. The number of aryl methyl sites for hydroxylation is 2. The number of nitrogens with one attached hydrogen (secondary N) is 2. The van der Waals surface area contributed by atoms with Gasteiger partial charge in [0.2, 0.25) is 5.91 Å². The van der Waals surface area contributed by atoms with Gasteiger partial charge in [-0.05, 0) is 43.2 Å². The van der Waals surface area contributed by atoms with Crippen LogP contribution in [0.2, 0.25) is 0 Å². The van der Waals surface area contributed by atoms with Crippen LogP contribution in [0.3, 0.4) is 0 Å². The van der Waals surface area contributed by atoms with Crippen molar-refractivity contribution in [2.24, 2.45) is 5.10 Å². The lowest BCUT2D eigenvalue weighted by molar-refractivity contribution is -0.116. The number of hydrogen-bond acceptors (Lipinski definition) is 4. The van der Waals surface area contributed by atoms with E-state index in [9.17, 15) is 4.79 Å². The average Bonchev–Trinajstić information content (AvgIpc) is 3.05. The van der Waals surface area contributed by atoms with Crippen LogP contribution in [0.4, 0.5) is 5.69 Å². The maximum absolute atomic E-state index is 12.7. The summed E-state index contributed by atoms with van der Waals surface area (Å²) in [4.78, 5) is 12.2. The van der Waals surface area contributed by atoms with Crippen molar-refractivity contribution in [1.29, 1.82) is 0 Å². The van der Waals surface area contributed by atoms with E-state index >= 15 is 0 Å². The quantitative estimate of drug-likeness (QED) is 0.645. The molecule has 142 valence electrons. The Morgan fingerprint density at radius 2 is 1.89 bits per heavy atom. The average molecular weight is 390 g/mol. The molecule has 0 bridgehead atoms. The first-order valence-corrected chi connectivity index (χ1v) is 10.1. The smallest absolute Gasteiger partial charge is 0.227 e. The number of thioether (sulfide) groups is 1. The zero-order chi connectivity index (χ0) is 19.7. The molecule has 1 amide bonds. The fourth-order valence-electron chi connectivity index (χ4n) is 3.49. The number of carbonyl (C=O) groups is 1. The van der Waals surface area contributed by atoms with Crippen LogP contribution in [0.15, 0.2) is 65.8 Å². The molecule has 0 radical (unpaired) electrons. The molecule has 2 N–H and O–H groups in total. The topological polar surface area (TPSA) is 53.5 Å². The number of hydrazone groups is 1. The summed E-state index contributed by atoms with van der Waals surface area (Å²) in [6.07, 6.45) is 0.322. The van der Waals surface area contributed by atoms with Gasteiger partial charge in [-0.3, -0.25) is 10.2 Å². The van der Waals surface area contributed by atoms with Crippen LogP contribution in [0.1, 0.15) is 30.0 Å². The number of amides is 1. The number of benzene rings is 3. The number of anilines is 1. The molecule has 0 fully saturated rings. The molecule has 1 atom stereocenters. The minimum atomic E-state index is -0.477. The highest BCUT2D eigenvalue weighted by Gasteiger charge is 2.35. The van der Waals surface area contributed by atoms with Crippen molar-refractivity contribution in [3.05, 3.63) is 77.4 Å². The number of fused-ring (bicyclic) bond motifs is 1. The zero-order valence-electron chi connectivity index (χ0n) is 16.2. The Kier molecular flexibility index (Phi) is 4.85. The van der Waals surface area contributed by atoms with Gasteiger partial charge in [-0.15, -0.1) is 0 Å². The van der Waals surface area contributed by atoms with Gasteiger partial charge in [0.05, 0.1) is 6.42 Å². The van der Waals surface area contributed by atoms with Gasteiger partial charge in [-0.25, -0.2) is 0 Å². The van der Waals surface area contributed by atoms with Crippen molar-refractivity contribution in [3.63, 3.8) is 0 Å². The molecule has 0 spiro atoms. The van der Waals surface area contributed by atoms with E-state index in [1.807, 2.05) is 51.1 Å². The van der Waals surface area contributed by atoms with Gasteiger partial charge in [0.15, 0.2) is 0 Å². The summed E-state index contributed by atoms with van der Waals surface area (Å²) in [7, 11) is 0. The summed E-state index contributed by atoms with van der Waals surface area (Å²) in [5.74, 6) is -0.0242. The van der Waals surface area contributed by atoms with Gasteiger partial charge in [-0.2, -0.15) is 5.10 Å². The summed E-state index contributed by atoms with van der Waals surface area (Å²) < 4.78 is 0. The van der Waals surface area contributed by atoms with E-state index in [4.69, 9.17) is 0 Å². The predicted octanol–water partition coefficient (Wildman–Crippen LogP) is 5.20. The molecule has 0 aromatic heterocycles. The second kappa shape index (κ2) is 7.32. The van der Waals surface area contributed by atoms with Crippen molar-refractivity contribution < 1.29 is 4.79 Å². The first kappa shape index (κ1) is 18.6. The van der Waals surface area contributed by atoms with Crippen molar-refractivity contribution in [2.75, 3.05) is 5.32 Å². The normalized spacial score (nSPS) is 18.6. The molecule has 3 aromatic carbocycles. The van der Waals surface area contributed by atoms with E-state index in [2.05, 4.69) is 46.2 Å². The van der Waals surface area contributed by atoms with Crippen LogP contribution in [0, 0.1) is 13.8 Å². The number of hydrogen-bond donors (Lipinski definition) is 2. The van der Waals surface area contributed by atoms with E-state index in [-0.39, 0.29) is 5.91 Å². The van der Waals surface area contributed by atoms with Gasteiger partial charge in [0.25, 0.3) is 0 Å². The highest BCUT2D eigenvalue weighted by Crippen LogP contribution is 2.36. The minimum absolute atomic E-state index is 0.0242. The SMILES string of the molecule is Cc1ccc(NC(=O)CC2(C)NN=C(c3cccc4ccccc34)S2)c(C)c1. The lowest BCUT2D eigenvalue weighted by atomic mass is 10.1. The molecular weight excluding hydrogens is 366 g/mol. The molecule has 0 saturated heterocycles. The number of carbonyl (C=O) groups excluding carboxylic acids is 1. The van der Waals surface area contributed by atoms with Crippen LogP contribution >= 0.6 is 11.8 Å². The zero-order valence-corrected chi connectivity index (χ0v) is 17.1. The Hall–Kier alpha value is -2.79. The number of rotatable bonds is 4. The van der Waals surface area contributed by atoms with E-state index < -0.39 is 4.87 Å². The molecule has 3 aromatic rings. The molecule has 1 aliphatic heterocycles. The summed E-state index contributed by atoms with van der Waals surface area (Å²) in [6.45, 7) is 6.07. The third kappa shape index (κ3) is 3.76. The Bertz CT molecular complexity index is 1090. The van der Waals surface area contributed by atoms with Crippen molar-refractivity contribution >= 4 is 39.2 Å². The summed E-state index contributed by atoms with van der Waals surface area (Å²) >= 11 is 1.60. The van der Waals surface area contributed by atoms with Crippen molar-refractivity contribution in [2.45, 2.75) is 32.1 Å². The third-order valence-electron chi connectivity index (χ3n) is 4.89. The van der Waals surface area contributed by atoms with Crippen molar-refractivity contribution in [1.82, 2.24) is 5.43 Å². The second-order valence-electron chi connectivity index (χ2n) is 7.43. The van der Waals surface area contributed by atoms with E-state index in [0.717, 1.165) is 21.9 Å². The first-order valence-electron chi connectivity index (χ1n) is 9.33. The molecule has 5 heteroatoms. The Morgan fingerprint density at radius 3 is 2.71 bits per heavy atom.